The van der Waals surface area contributed by atoms with E-state index in [0.29, 0.717) is 6.67 Å². The lowest BCUT2D eigenvalue weighted by Gasteiger charge is -2.41. The van der Waals surface area contributed by atoms with Gasteiger partial charge in [-0.3, -0.25) is 24.3 Å². The van der Waals surface area contributed by atoms with E-state index in [2.05, 4.69) is 9.80 Å². The van der Waals surface area contributed by atoms with E-state index in [0.717, 1.165) is 43.3 Å². The van der Waals surface area contributed by atoms with Crippen LogP contribution in [0.15, 0.2) is 60.7 Å². The molecule has 2 saturated heterocycles. The molecule has 5 nitrogen and oxygen atoms in total. The van der Waals surface area contributed by atoms with Crippen molar-refractivity contribution in [1.29, 1.82) is 0 Å². The van der Waals surface area contributed by atoms with Crippen molar-refractivity contribution in [3.63, 3.8) is 0 Å². The molecular weight excluding hydrogens is 398 g/mol. The average Bonchev–Trinajstić information content (AvgIpc) is 3.12. The van der Waals surface area contributed by atoms with Gasteiger partial charge in [0.05, 0.1) is 6.67 Å². The van der Waals surface area contributed by atoms with Crippen molar-refractivity contribution in [1.82, 2.24) is 14.7 Å². The van der Waals surface area contributed by atoms with Crippen LogP contribution in [-0.2, 0) is 15.0 Å². The first kappa shape index (κ1) is 21.4. The lowest BCUT2D eigenvalue weighted by atomic mass is 9.73. The van der Waals surface area contributed by atoms with Gasteiger partial charge in [-0.25, -0.2) is 0 Å². The second-order valence-corrected chi connectivity index (χ2v) is 9.53. The normalized spacial score (nSPS) is 23.1. The standard InChI is InChI=1S/C27H33N3O2/c31-25-20-27(22-10-4-1-5-11-22,23-12-6-2-7-13-23)26(32)30(25)21-28-16-18-29(19-17-28)24-14-8-3-9-15-24/h1-2,4-7,10-13,24H,3,8-9,14-21H2. The topological polar surface area (TPSA) is 43.9 Å². The summed E-state index contributed by atoms with van der Waals surface area (Å²) in [6, 6.07) is 20.3. The van der Waals surface area contributed by atoms with Gasteiger partial charge in [-0.05, 0) is 24.0 Å². The summed E-state index contributed by atoms with van der Waals surface area (Å²) in [5.74, 6) is -0.160. The summed E-state index contributed by atoms with van der Waals surface area (Å²) in [7, 11) is 0. The molecule has 0 unspecified atom stereocenters. The van der Waals surface area contributed by atoms with Crippen molar-refractivity contribution in [3.8, 4) is 0 Å². The van der Waals surface area contributed by atoms with Crippen molar-refractivity contribution in [2.75, 3.05) is 32.8 Å². The SMILES string of the molecule is O=C1CC(c2ccccc2)(c2ccccc2)C(=O)N1CN1CCN(C2CCCCC2)CC1. The summed E-state index contributed by atoms with van der Waals surface area (Å²) in [6.45, 7) is 4.29. The summed E-state index contributed by atoms with van der Waals surface area (Å²) < 4.78 is 0. The van der Waals surface area contributed by atoms with Crippen molar-refractivity contribution in [3.05, 3.63) is 71.8 Å². The number of likely N-dealkylation sites (tertiary alicyclic amines) is 1. The molecule has 0 atom stereocenters. The monoisotopic (exact) mass is 431 g/mol. The van der Waals surface area contributed by atoms with Gasteiger partial charge in [0.25, 0.3) is 0 Å². The van der Waals surface area contributed by atoms with E-state index in [9.17, 15) is 9.59 Å². The molecule has 2 amide bonds. The quantitative estimate of drug-likeness (QED) is 0.678. The number of carbonyl (C=O) groups is 2. The number of imide groups is 1. The zero-order valence-corrected chi connectivity index (χ0v) is 18.8. The minimum absolute atomic E-state index is 0.0718. The lowest BCUT2D eigenvalue weighted by molar-refractivity contribution is -0.142. The van der Waals surface area contributed by atoms with Crippen molar-refractivity contribution in [2.24, 2.45) is 0 Å². The minimum atomic E-state index is -0.927. The van der Waals surface area contributed by atoms with E-state index in [-0.39, 0.29) is 18.2 Å². The maximum atomic E-state index is 13.9. The van der Waals surface area contributed by atoms with E-state index in [1.54, 1.807) is 0 Å². The Morgan fingerprint density at radius 1 is 0.750 bits per heavy atom. The van der Waals surface area contributed by atoms with Gasteiger partial charge in [0.15, 0.2) is 0 Å². The van der Waals surface area contributed by atoms with Crippen LogP contribution in [-0.4, -0.2) is 65.4 Å². The molecule has 168 valence electrons. The summed E-state index contributed by atoms with van der Waals surface area (Å²) in [5, 5.41) is 0. The third-order valence-electron chi connectivity index (χ3n) is 7.70. The van der Waals surface area contributed by atoms with Gasteiger partial charge in [0, 0.05) is 38.6 Å². The van der Waals surface area contributed by atoms with E-state index in [1.165, 1.54) is 37.0 Å². The molecule has 1 saturated carbocycles. The highest BCUT2D eigenvalue weighted by molar-refractivity contribution is 6.11. The molecule has 5 heteroatoms. The third-order valence-corrected chi connectivity index (χ3v) is 7.70. The zero-order chi connectivity index (χ0) is 22.0. The fraction of sp³-hybridized carbons (Fsp3) is 0.481. The highest BCUT2D eigenvalue weighted by Crippen LogP contribution is 2.42. The Kier molecular flexibility index (Phi) is 6.11. The molecule has 2 heterocycles. The minimum Gasteiger partial charge on any atom is -0.298 e. The van der Waals surface area contributed by atoms with Crippen LogP contribution >= 0.6 is 0 Å². The smallest absolute Gasteiger partial charge is 0.245 e. The number of hydrogen-bond acceptors (Lipinski definition) is 4. The number of hydrogen-bond donors (Lipinski definition) is 0. The Morgan fingerprint density at radius 2 is 1.31 bits per heavy atom. The molecule has 0 radical (unpaired) electrons. The Morgan fingerprint density at radius 3 is 1.88 bits per heavy atom. The predicted octanol–water partition coefficient (Wildman–Crippen LogP) is 3.64. The second-order valence-electron chi connectivity index (χ2n) is 9.53. The first-order chi connectivity index (χ1) is 15.7. The summed E-state index contributed by atoms with van der Waals surface area (Å²) in [4.78, 5) is 33.5. The maximum absolute atomic E-state index is 13.9. The van der Waals surface area contributed by atoms with Crippen LogP contribution in [0.1, 0.15) is 49.7 Å². The molecule has 32 heavy (non-hydrogen) atoms. The van der Waals surface area contributed by atoms with Crippen molar-refractivity contribution in [2.45, 2.75) is 50.0 Å². The molecule has 2 aromatic rings. The number of benzene rings is 2. The fourth-order valence-electron chi connectivity index (χ4n) is 5.86. The lowest BCUT2D eigenvalue weighted by Crippen LogP contribution is -2.54. The van der Waals surface area contributed by atoms with Gasteiger partial charge < -0.3 is 0 Å². The number of nitrogens with zero attached hydrogens (tertiary/aromatic N) is 3. The third kappa shape index (κ3) is 3.89. The van der Waals surface area contributed by atoms with Crippen LogP contribution in [0.25, 0.3) is 0 Å². The largest absolute Gasteiger partial charge is 0.298 e. The van der Waals surface area contributed by atoms with Crippen LogP contribution in [0, 0.1) is 0 Å². The molecular formula is C27H33N3O2. The van der Waals surface area contributed by atoms with Gasteiger partial charge >= 0.3 is 0 Å². The Balaban J connectivity index is 1.33. The van der Waals surface area contributed by atoms with E-state index in [1.807, 2.05) is 60.7 Å². The molecule has 0 spiro atoms. The molecule has 5 rings (SSSR count). The van der Waals surface area contributed by atoms with Crippen LogP contribution in [0.5, 0.6) is 0 Å². The van der Waals surface area contributed by atoms with Crippen molar-refractivity contribution >= 4 is 11.8 Å². The molecule has 0 N–H and O–H groups in total. The Labute approximate surface area is 191 Å². The number of rotatable bonds is 5. The van der Waals surface area contributed by atoms with Crippen LogP contribution < -0.4 is 0 Å². The summed E-state index contributed by atoms with van der Waals surface area (Å²) in [5.41, 5.74) is 0.868. The number of carbonyl (C=O) groups excluding carboxylic acids is 2. The van der Waals surface area contributed by atoms with Crippen LogP contribution in [0.3, 0.4) is 0 Å². The number of piperazine rings is 1. The zero-order valence-electron chi connectivity index (χ0n) is 18.8. The van der Waals surface area contributed by atoms with E-state index in [4.69, 9.17) is 0 Å². The molecule has 3 fully saturated rings. The molecule has 2 aromatic carbocycles. The van der Waals surface area contributed by atoms with Gasteiger partial charge in [-0.2, -0.15) is 0 Å². The van der Waals surface area contributed by atoms with E-state index >= 15 is 0 Å². The van der Waals surface area contributed by atoms with Gasteiger partial charge in [0.1, 0.15) is 5.41 Å². The summed E-state index contributed by atoms with van der Waals surface area (Å²) in [6.07, 6.45) is 6.91. The van der Waals surface area contributed by atoms with Crippen molar-refractivity contribution < 1.29 is 9.59 Å². The Hall–Kier alpha value is -2.50. The fourth-order valence-corrected chi connectivity index (χ4v) is 5.86. The molecule has 1 aliphatic carbocycles. The molecule has 0 bridgehead atoms. The Bertz CT molecular complexity index is 892. The van der Waals surface area contributed by atoms with Gasteiger partial charge in [-0.1, -0.05) is 79.9 Å². The van der Waals surface area contributed by atoms with Crippen LogP contribution in [0.2, 0.25) is 0 Å². The first-order valence-electron chi connectivity index (χ1n) is 12.1. The van der Waals surface area contributed by atoms with E-state index < -0.39 is 5.41 Å². The molecule has 0 aromatic heterocycles. The molecule has 2 aliphatic heterocycles. The highest BCUT2D eigenvalue weighted by Gasteiger charge is 2.54. The summed E-state index contributed by atoms with van der Waals surface area (Å²) >= 11 is 0. The molecule has 3 aliphatic rings. The second kappa shape index (κ2) is 9.16. The average molecular weight is 432 g/mol. The first-order valence-corrected chi connectivity index (χ1v) is 12.1. The predicted molar refractivity (Wildman–Crippen MR) is 125 cm³/mol. The van der Waals surface area contributed by atoms with Gasteiger partial charge in [-0.15, -0.1) is 0 Å². The van der Waals surface area contributed by atoms with Crippen LogP contribution in [0.4, 0.5) is 0 Å². The maximum Gasteiger partial charge on any atom is 0.245 e. The van der Waals surface area contributed by atoms with Gasteiger partial charge in [0.2, 0.25) is 11.8 Å². The number of amides is 2. The highest BCUT2D eigenvalue weighted by atomic mass is 16.2.